The number of hydrogen-bond donors (Lipinski definition) is 2. The highest BCUT2D eigenvalue weighted by molar-refractivity contribution is 14.0. The molecule has 1 saturated heterocycles. The molecule has 2 aromatic carbocycles. The second-order valence-electron chi connectivity index (χ2n) is 7.81. The van der Waals surface area contributed by atoms with Crippen molar-refractivity contribution < 1.29 is 4.74 Å². The van der Waals surface area contributed by atoms with Gasteiger partial charge in [-0.15, -0.1) is 24.0 Å². The monoisotopic (exact) mass is 537 g/mol. The van der Waals surface area contributed by atoms with Crippen LogP contribution in [0.15, 0.2) is 53.5 Å². The van der Waals surface area contributed by atoms with E-state index in [9.17, 15) is 0 Å². The number of ether oxygens (including phenoxy) is 1. The Hall–Kier alpha value is -2.00. The minimum atomic E-state index is 0. The third kappa shape index (κ3) is 8.57. The van der Waals surface area contributed by atoms with Gasteiger partial charge in [0, 0.05) is 51.5 Å². The van der Waals surface area contributed by atoms with Crippen LogP contribution in [0.4, 0.5) is 5.69 Å². The zero-order valence-electron chi connectivity index (χ0n) is 18.7. The maximum atomic E-state index is 6.00. The molecule has 7 heteroatoms. The van der Waals surface area contributed by atoms with Gasteiger partial charge in [0.2, 0.25) is 0 Å². The summed E-state index contributed by atoms with van der Waals surface area (Å²) in [4.78, 5) is 9.47. The summed E-state index contributed by atoms with van der Waals surface area (Å²) in [5.41, 5.74) is 9.91. The Morgan fingerprint density at radius 3 is 2.52 bits per heavy atom. The summed E-state index contributed by atoms with van der Waals surface area (Å²) in [7, 11) is 1.68. The van der Waals surface area contributed by atoms with E-state index in [-0.39, 0.29) is 24.0 Å². The highest BCUT2D eigenvalue weighted by atomic mass is 127. The van der Waals surface area contributed by atoms with Gasteiger partial charge < -0.3 is 20.7 Å². The van der Waals surface area contributed by atoms with Gasteiger partial charge in [-0.1, -0.05) is 24.3 Å². The van der Waals surface area contributed by atoms with Crippen LogP contribution in [0.25, 0.3) is 0 Å². The molecule has 0 bridgehead atoms. The molecule has 31 heavy (non-hydrogen) atoms. The van der Waals surface area contributed by atoms with Gasteiger partial charge in [0.1, 0.15) is 5.75 Å². The number of guanidine groups is 1. The van der Waals surface area contributed by atoms with Gasteiger partial charge in [-0.05, 0) is 55.2 Å². The smallest absolute Gasteiger partial charge is 0.188 e. The Kier molecular flexibility index (Phi) is 10.9. The molecule has 0 radical (unpaired) electrons. The van der Waals surface area contributed by atoms with Crippen LogP contribution in [0, 0.1) is 6.92 Å². The number of methoxy groups -OCH3 is 1. The number of aryl methyl sites for hydroxylation is 1. The Labute approximate surface area is 203 Å². The van der Waals surface area contributed by atoms with E-state index in [1.54, 1.807) is 7.11 Å². The van der Waals surface area contributed by atoms with Crippen LogP contribution in [0.1, 0.15) is 17.5 Å². The van der Waals surface area contributed by atoms with E-state index in [1.807, 2.05) is 12.1 Å². The summed E-state index contributed by atoms with van der Waals surface area (Å²) < 4.78 is 5.18. The average molecular weight is 537 g/mol. The van der Waals surface area contributed by atoms with Crippen LogP contribution in [0.5, 0.6) is 5.75 Å². The molecular formula is C24H36IN5O. The predicted octanol–water partition coefficient (Wildman–Crippen LogP) is 3.28. The van der Waals surface area contributed by atoms with E-state index in [1.165, 1.54) is 16.8 Å². The maximum absolute atomic E-state index is 6.00. The van der Waals surface area contributed by atoms with Crippen molar-refractivity contribution in [2.24, 2.45) is 10.7 Å². The third-order valence-corrected chi connectivity index (χ3v) is 5.53. The molecule has 1 aliphatic heterocycles. The van der Waals surface area contributed by atoms with Crippen LogP contribution >= 0.6 is 24.0 Å². The predicted molar refractivity (Wildman–Crippen MR) is 141 cm³/mol. The summed E-state index contributed by atoms with van der Waals surface area (Å²) in [6, 6.07) is 16.9. The van der Waals surface area contributed by atoms with E-state index in [0.717, 1.165) is 64.4 Å². The van der Waals surface area contributed by atoms with Crippen molar-refractivity contribution in [2.45, 2.75) is 19.8 Å². The fraction of sp³-hybridized carbons (Fsp3) is 0.458. The van der Waals surface area contributed by atoms with Crippen LogP contribution in [0.3, 0.4) is 0 Å². The summed E-state index contributed by atoms with van der Waals surface area (Å²) in [5.74, 6) is 1.41. The molecule has 0 amide bonds. The minimum Gasteiger partial charge on any atom is -0.497 e. The molecule has 170 valence electrons. The van der Waals surface area contributed by atoms with Crippen molar-refractivity contribution in [2.75, 3.05) is 57.8 Å². The van der Waals surface area contributed by atoms with Crippen LogP contribution in [-0.2, 0) is 6.42 Å². The molecular weight excluding hydrogens is 501 g/mol. The molecule has 0 unspecified atom stereocenters. The Balaban J connectivity index is 0.00000341. The lowest BCUT2D eigenvalue weighted by Crippen LogP contribution is -2.46. The van der Waals surface area contributed by atoms with Gasteiger partial charge in [0.25, 0.3) is 0 Å². The molecule has 3 N–H and O–H groups in total. The number of aliphatic imine (C=N–C) groups is 1. The second kappa shape index (κ2) is 13.4. The van der Waals surface area contributed by atoms with Crippen molar-refractivity contribution >= 4 is 35.6 Å². The number of hydrogen-bond acceptors (Lipinski definition) is 4. The summed E-state index contributed by atoms with van der Waals surface area (Å²) in [5, 5.41) is 3.20. The van der Waals surface area contributed by atoms with Crippen LogP contribution < -0.4 is 20.7 Å². The molecule has 1 heterocycles. The van der Waals surface area contributed by atoms with Gasteiger partial charge in [0.15, 0.2) is 5.96 Å². The molecule has 1 fully saturated rings. The zero-order chi connectivity index (χ0) is 21.2. The van der Waals surface area contributed by atoms with Gasteiger partial charge in [-0.2, -0.15) is 0 Å². The molecule has 0 atom stereocenters. The summed E-state index contributed by atoms with van der Waals surface area (Å²) in [6.45, 7) is 9.15. The number of halogens is 1. The highest BCUT2D eigenvalue weighted by Crippen LogP contribution is 2.17. The first-order valence-electron chi connectivity index (χ1n) is 10.8. The number of nitrogens with one attached hydrogen (secondary N) is 1. The van der Waals surface area contributed by atoms with E-state index in [2.05, 4.69) is 63.4 Å². The number of nitrogens with two attached hydrogens (primary N) is 1. The quantitative estimate of drug-likeness (QED) is 0.223. The van der Waals surface area contributed by atoms with Crippen molar-refractivity contribution in [3.63, 3.8) is 0 Å². The molecule has 0 saturated carbocycles. The molecule has 3 rings (SSSR count). The lowest BCUT2D eigenvalue weighted by Gasteiger charge is -2.36. The van der Waals surface area contributed by atoms with Gasteiger partial charge in [-0.3, -0.25) is 9.89 Å². The molecule has 0 aromatic heterocycles. The van der Waals surface area contributed by atoms with E-state index in [4.69, 9.17) is 10.5 Å². The SMILES string of the molecule is COc1ccc(CCNC(N)=NCCCN2CCN(c3cccc(C)c3)CC2)cc1.I. The topological polar surface area (TPSA) is 66.1 Å². The minimum absolute atomic E-state index is 0. The summed E-state index contributed by atoms with van der Waals surface area (Å²) >= 11 is 0. The van der Waals surface area contributed by atoms with Crippen LogP contribution in [-0.4, -0.2) is 63.8 Å². The van der Waals surface area contributed by atoms with E-state index < -0.39 is 0 Å². The fourth-order valence-electron chi connectivity index (χ4n) is 3.73. The maximum Gasteiger partial charge on any atom is 0.188 e. The molecule has 2 aromatic rings. The first-order valence-corrected chi connectivity index (χ1v) is 10.8. The van der Waals surface area contributed by atoms with Crippen molar-refractivity contribution in [1.29, 1.82) is 0 Å². The lowest BCUT2D eigenvalue weighted by molar-refractivity contribution is 0.256. The van der Waals surface area contributed by atoms with Crippen molar-refractivity contribution in [3.8, 4) is 5.75 Å². The first kappa shape index (κ1) is 25.3. The number of anilines is 1. The van der Waals surface area contributed by atoms with Crippen LogP contribution in [0.2, 0.25) is 0 Å². The molecule has 0 aliphatic carbocycles. The number of benzene rings is 2. The number of piperazine rings is 1. The molecule has 6 nitrogen and oxygen atoms in total. The van der Waals surface area contributed by atoms with E-state index in [0.29, 0.717) is 5.96 Å². The number of rotatable bonds is 9. The Bertz CT molecular complexity index is 804. The normalized spacial score (nSPS) is 14.8. The molecule has 1 aliphatic rings. The standard InChI is InChI=1S/C24H35N5O.HI/c1-20-5-3-6-22(19-20)29-17-15-28(16-18-29)14-4-12-26-24(25)27-13-11-21-7-9-23(30-2)10-8-21;/h3,5-10,19H,4,11-18H2,1-2H3,(H3,25,26,27);1H. The second-order valence-corrected chi connectivity index (χ2v) is 7.81. The van der Waals surface area contributed by atoms with Gasteiger partial charge in [-0.25, -0.2) is 0 Å². The Morgan fingerprint density at radius 1 is 1.10 bits per heavy atom. The van der Waals surface area contributed by atoms with Crippen molar-refractivity contribution in [1.82, 2.24) is 10.2 Å². The summed E-state index contributed by atoms with van der Waals surface area (Å²) in [6.07, 6.45) is 1.94. The highest BCUT2D eigenvalue weighted by Gasteiger charge is 2.16. The van der Waals surface area contributed by atoms with E-state index >= 15 is 0 Å². The zero-order valence-corrected chi connectivity index (χ0v) is 21.0. The Morgan fingerprint density at radius 2 is 1.84 bits per heavy atom. The first-order chi connectivity index (χ1) is 14.6. The van der Waals surface area contributed by atoms with Crippen molar-refractivity contribution in [3.05, 3.63) is 59.7 Å². The van der Waals surface area contributed by atoms with Gasteiger partial charge >= 0.3 is 0 Å². The number of nitrogens with zero attached hydrogens (tertiary/aromatic N) is 3. The third-order valence-electron chi connectivity index (χ3n) is 5.53. The largest absolute Gasteiger partial charge is 0.497 e. The average Bonchev–Trinajstić information content (AvgIpc) is 2.77. The molecule has 0 spiro atoms. The van der Waals surface area contributed by atoms with Gasteiger partial charge in [0.05, 0.1) is 7.11 Å². The fourth-order valence-corrected chi connectivity index (χ4v) is 3.73. The lowest BCUT2D eigenvalue weighted by atomic mass is 10.1.